The molecule has 1 aliphatic rings. The van der Waals surface area contributed by atoms with Crippen molar-refractivity contribution in [2.24, 2.45) is 11.7 Å². The number of rotatable bonds is 5. The van der Waals surface area contributed by atoms with Gasteiger partial charge in [0.2, 0.25) is 5.91 Å². The second kappa shape index (κ2) is 7.57. The van der Waals surface area contributed by atoms with Gasteiger partial charge in [-0.2, -0.15) is 0 Å². The molecule has 0 radical (unpaired) electrons. The maximum absolute atomic E-state index is 12.1. The Morgan fingerprint density at radius 1 is 1.48 bits per heavy atom. The number of nitrogens with two attached hydrogens (primary N) is 1. The molecule has 1 saturated heterocycles. The molecule has 1 aromatic heterocycles. The molecule has 0 spiro atoms. The number of nitrogens with zero attached hydrogens (tertiary/aromatic N) is 1. The van der Waals surface area contributed by atoms with Crippen LogP contribution in [0.1, 0.15) is 17.8 Å². The van der Waals surface area contributed by atoms with Gasteiger partial charge in [-0.15, -0.1) is 11.3 Å². The number of benzene rings is 1. The summed E-state index contributed by atoms with van der Waals surface area (Å²) in [6, 6.07) is 5.24. The minimum Gasteiger partial charge on any atom is -0.381 e. The number of aromatic nitrogens is 1. The first-order valence-corrected chi connectivity index (χ1v) is 8.99. The van der Waals surface area contributed by atoms with Crippen LogP contribution in [0, 0.1) is 5.92 Å². The minimum atomic E-state index is -0.451. The molecule has 3 rings (SSSR count). The molecule has 0 aliphatic carbocycles. The number of fused-ring (bicyclic) bond motifs is 1. The van der Waals surface area contributed by atoms with E-state index < -0.39 is 6.04 Å². The quantitative estimate of drug-likeness (QED) is 0.865. The lowest BCUT2D eigenvalue weighted by atomic mass is 9.92. The van der Waals surface area contributed by atoms with E-state index in [2.05, 4.69) is 10.3 Å². The van der Waals surface area contributed by atoms with Gasteiger partial charge in [0.1, 0.15) is 0 Å². The molecule has 1 amide bonds. The van der Waals surface area contributed by atoms with E-state index in [0.29, 0.717) is 31.2 Å². The number of carbonyl (C=O) groups is 1. The molecule has 7 heteroatoms. The van der Waals surface area contributed by atoms with Gasteiger partial charge in [-0.1, -0.05) is 11.6 Å². The van der Waals surface area contributed by atoms with Crippen molar-refractivity contribution in [3.05, 3.63) is 28.2 Å². The molecule has 1 unspecified atom stereocenters. The van der Waals surface area contributed by atoms with E-state index in [4.69, 9.17) is 22.1 Å². The fourth-order valence-electron chi connectivity index (χ4n) is 2.75. The number of ether oxygens (including phenoxy) is 1. The summed E-state index contributed by atoms with van der Waals surface area (Å²) in [6.45, 7) is 1.93. The summed E-state index contributed by atoms with van der Waals surface area (Å²) in [5.41, 5.74) is 6.96. The van der Waals surface area contributed by atoms with Gasteiger partial charge in [0, 0.05) is 31.2 Å². The predicted octanol–water partition coefficient (Wildman–Crippen LogP) is 2.36. The molecule has 2 aromatic rings. The van der Waals surface area contributed by atoms with Crippen LogP contribution in [0.4, 0.5) is 0 Å². The Kier molecular flexibility index (Phi) is 5.48. The third-order valence-electron chi connectivity index (χ3n) is 4.11. The molecule has 5 nitrogen and oxygen atoms in total. The fraction of sp³-hybridized carbons (Fsp3) is 0.500. The molecule has 2 heterocycles. The van der Waals surface area contributed by atoms with Gasteiger partial charge in [-0.25, -0.2) is 4.98 Å². The largest absolute Gasteiger partial charge is 0.381 e. The zero-order valence-corrected chi connectivity index (χ0v) is 14.3. The van der Waals surface area contributed by atoms with Gasteiger partial charge in [-0.05, 0) is 37.0 Å². The minimum absolute atomic E-state index is 0.0824. The van der Waals surface area contributed by atoms with Crippen molar-refractivity contribution in [1.29, 1.82) is 0 Å². The monoisotopic (exact) mass is 353 g/mol. The van der Waals surface area contributed by atoms with Gasteiger partial charge in [0.05, 0.1) is 21.3 Å². The summed E-state index contributed by atoms with van der Waals surface area (Å²) in [4.78, 5) is 16.7. The number of hydrogen-bond acceptors (Lipinski definition) is 5. The first kappa shape index (κ1) is 16.6. The van der Waals surface area contributed by atoms with Gasteiger partial charge in [0.15, 0.2) is 0 Å². The normalized spacial score (nSPS) is 17.3. The molecule has 1 aliphatic heterocycles. The highest BCUT2D eigenvalue weighted by atomic mass is 35.5. The van der Waals surface area contributed by atoms with Crippen molar-refractivity contribution in [2.45, 2.75) is 25.3 Å². The van der Waals surface area contributed by atoms with Crippen LogP contribution in [-0.2, 0) is 16.0 Å². The van der Waals surface area contributed by atoms with Gasteiger partial charge in [-0.3, -0.25) is 4.79 Å². The van der Waals surface area contributed by atoms with E-state index in [0.717, 1.165) is 28.1 Å². The lowest BCUT2D eigenvalue weighted by Gasteiger charge is -2.26. The predicted molar refractivity (Wildman–Crippen MR) is 92.9 cm³/mol. The Morgan fingerprint density at radius 3 is 3.04 bits per heavy atom. The number of carbonyl (C=O) groups excluding carboxylic acids is 1. The highest BCUT2D eigenvalue weighted by molar-refractivity contribution is 7.18. The second-order valence-corrected chi connectivity index (χ2v) is 7.29. The third kappa shape index (κ3) is 4.20. The molecule has 3 N–H and O–H groups in total. The van der Waals surface area contributed by atoms with E-state index in [1.807, 2.05) is 18.2 Å². The number of hydrogen-bond donors (Lipinski definition) is 2. The first-order valence-electron chi connectivity index (χ1n) is 7.79. The van der Waals surface area contributed by atoms with Crippen LogP contribution in [0.15, 0.2) is 18.2 Å². The molecule has 124 valence electrons. The number of amides is 1. The van der Waals surface area contributed by atoms with Gasteiger partial charge >= 0.3 is 0 Å². The summed E-state index contributed by atoms with van der Waals surface area (Å²) in [5, 5.41) is 4.59. The lowest BCUT2D eigenvalue weighted by molar-refractivity contribution is -0.124. The Morgan fingerprint density at radius 2 is 2.26 bits per heavy atom. The fourth-order valence-corrected chi connectivity index (χ4v) is 3.87. The maximum atomic E-state index is 12.1. The third-order valence-corrected chi connectivity index (χ3v) is 5.44. The Balaban J connectivity index is 1.50. The van der Waals surface area contributed by atoms with Gasteiger partial charge < -0.3 is 15.8 Å². The van der Waals surface area contributed by atoms with Crippen LogP contribution in [0.5, 0.6) is 0 Å². The van der Waals surface area contributed by atoms with E-state index in [1.54, 1.807) is 11.3 Å². The smallest absolute Gasteiger partial charge is 0.237 e. The van der Waals surface area contributed by atoms with Crippen molar-refractivity contribution in [3.63, 3.8) is 0 Å². The molecular weight excluding hydrogens is 334 g/mol. The van der Waals surface area contributed by atoms with Crippen molar-refractivity contribution in [2.75, 3.05) is 19.8 Å². The summed E-state index contributed by atoms with van der Waals surface area (Å²) >= 11 is 7.59. The van der Waals surface area contributed by atoms with Gasteiger partial charge in [0.25, 0.3) is 0 Å². The van der Waals surface area contributed by atoms with Crippen molar-refractivity contribution in [1.82, 2.24) is 10.3 Å². The van der Waals surface area contributed by atoms with Crippen molar-refractivity contribution in [3.8, 4) is 0 Å². The molecule has 1 fully saturated rings. The van der Waals surface area contributed by atoms with E-state index in [-0.39, 0.29) is 11.8 Å². The average molecular weight is 354 g/mol. The van der Waals surface area contributed by atoms with Crippen LogP contribution >= 0.6 is 22.9 Å². The average Bonchev–Trinajstić information content (AvgIpc) is 2.96. The first-order chi connectivity index (χ1) is 11.1. The van der Waals surface area contributed by atoms with Crippen molar-refractivity contribution >= 4 is 39.1 Å². The molecule has 0 saturated carbocycles. The maximum Gasteiger partial charge on any atom is 0.237 e. The van der Waals surface area contributed by atoms with E-state index >= 15 is 0 Å². The van der Waals surface area contributed by atoms with Crippen LogP contribution in [0.25, 0.3) is 10.2 Å². The molecule has 23 heavy (non-hydrogen) atoms. The van der Waals surface area contributed by atoms with E-state index in [9.17, 15) is 4.79 Å². The number of nitrogens with one attached hydrogen (secondary N) is 1. The highest BCUT2D eigenvalue weighted by Gasteiger charge is 2.26. The summed E-state index contributed by atoms with van der Waals surface area (Å²) in [5.74, 6) is 0.134. The molecule has 0 bridgehead atoms. The molecule has 1 atom stereocenters. The molecule has 1 aromatic carbocycles. The Hall–Kier alpha value is -1.21. The highest BCUT2D eigenvalue weighted by Crippen LogP contribution is 2.25. The Bertz CT molecular complexity index is 685. The standard InChI is InChI=1S/C16H20ClN3O2S/c17-11-1-2-13-12(9-11)20-14(23-13)3-6-19-16(21)15(18)10-4-7-22-8-5-10/h1-2,9-10,15H,3-8,18H2,(H,19,21). The van der Waals surface area contributed by atoms with Crippen LogP contribution in [0.2, 0.25) is 5.02 Å². The topological polar surface area (TPSA) is 77.2 Å². The zero-order chi connectivity index (χ0) is 16.2. The number of thiazole rings is 1. The van der Waals surface area contributed by atoms with Crippen molar-refractivity contribution < 1.29 is 9.53 Å². The Labute approximate surface area is 144 Å². The zero-order valence-electron chi connectivity index (χ0n) is 12.8. The summed E-state index contributed by atoms with van der Waals surface area (Å²) < 4.78 is 6.41. The summed E-state index contributed by atoms with van der Waals surface area (Å²) in [6.07, 6.45) is 2.41. The van der Waals surface area contributed by atoms with Crippen LogP contribution in [0.3, 0.4) is 0 Å². The number of halogens is 1. The summed E-state index contributed by atoms with van der Waals surface area (Å²) in [7, 11) is 0. The lowest BCUT2D eigenvalue weighted by Crippen LogP contribution is -2.47. The second-order valence-electron chi connectivity index (χ2n) is 5.74. The van der Waals surface area contributed by atoms with Crippen LogP contribution < -0.4 is 11.1 Å². The SMILES string of the molecule is NC(C(=O)NCCc1nc2cc(Cl)ccc2s1)C1CCOCC1. The van der Waals surface area contributed by atoms with E-state index in [1.165, 1.54) is 0 Å². The molecular formula is C16H20ClN3O2S. The van der Waals surface area contributed by atoms with Crippen LogP contribution in [-0.4, -0.2) is 36.7 Å².